The van der Waals surface area contributed by atoms with E-state index in [1.54, 1.807) is 0 Å². The lowest BCUT2D eigenvalue weighted by atomic mass is 9.67. The summed E-state index contributed by atoms with van der Waals surface area (Å²) in [6, 6.07) is 70.5. The van der Waals surface area contributed by atoms with Crippen molar-refractivity contribution in [1.29, 1.82) is 0 Å². The monoisotopic (exact) mass is 715 g/mol. The maximum Gasteiger partial charge on any atom is 0.164 e. The van der Waals surface area contributed by atoms with Crippen LogP contribution >= 0.6 is 0 Å². The van der Waals surface area contributed by atoms with Crippen molar-refractivity contribution in [3.05, 3.63) is 222 Å². The topological polar surface area (TPSA) is 51.8 Å². The van der Waals surface area contributed by atoms with Crippen molar-refractivity contribution < 1.29 is 4.42 Å². The minimum Gasteiger partial charge on any atom is -0.456 e. The normalized spacial score (nSPS) is 12.8. The average Bonchev–Trinajstić information content (AvgIpc) is 3.80. The Morgan fingerprint density at radius 1 is 0.321 bits per heavy atom. The summed E-state index contributed by atoms with van der Waals surface area (Å²) in [6.07, 6.45) is 0. The van der Waals surface area contributed by atoms with E-state index in [0.717, 1.165) is 44.2 Å². The molecule has 8 aromatic carbocycles. The Labute approximate surface area is 324 Å². The molecule has 0 bridgehead atoms. The Bertz CT molecular complexity index is 2980. The van der Waals surface area contributed by atoms with Crippen LogP contribution in [-0.4, -0.2) is 15.0 Å². The molecule has 0 saturated heterocycles. The molecule has 11 rings (SSSR count). The first-order valence-corrected chi connectivity index (χ1v) is 18.9. The Balaban J connectivity index is 1.10. The molecule has 4 nitrogen and oxygen atoms in total. The predicted octanol–water partition coefficient (Wildman–Crippen LogP) is 12.8. The van der Waals surface area contributed by atoms with Gasteiger partial charge in [0.2, 0.25) is 0 Å². The largest absolute Gasteiger partial charge is 0.456 e. The first kappa shape index (κ1) is 32.0. The maximum absolute atomic E-state index is 6.73. The standard InChI is InChI=1S/C52H33N3O/c1-4-15-34(16-5-1)37-21-14-22-39(31-37)52(45-25-12-10-23-41(45)42-24-11-13-26-46(42)52)40-28-29-43-44-32-38(27-30-47(44)56-48(43)33-40)51-54-49(35-17-6-2-7-18-35)53-50(55-51)36-19-8-3-9-20-36/h1-33H. The van der Waals surface area contributed by atoms with Gasteiger partial charge in [-0.15, -0.1) is 0 Å². The van der Waals surface area contributed by atoms with Gasteiger partial charge in [-0.2, -0.15) is 0 Å². The molecule has 1 aliphatic rings. The molecular weight excluding hydrogens is 683 g/mol. The molecule has 0 aliphatic heterocycles. The summed E-state index contributed by atoms with van der Waals surface area (Å²) >= 11 is 0. The summed E-state index contributed by atoms with van der Waals surface area (Å²) in [4.78, 5) is 14.9. The summed E-state index contributed by atoms with van der Waals surface area (Å²) in [5.74, 6) is 1.88. The lowest BCUT2D eigenvalue weighted by molar-refractivity contribution is 0.665. The Morgan fingerprint density at radius 3 is 1.46 bits per heavy atom. The van der Waals surface area contributed by atoms with Crippen LogP contribution in [-0.2, 0) is 5.41 Å². The molecule has 2 heterocycles. The predicted molar refractivity (Wildman–Crippen MR) is 226 cm³/mol. The van der Waals surface area contributed by atoms with Crippen molar-refractivity contribution in [3.63, 3.8) is 0 Å². The average molecular weight is 716 g/mol. The van der Waals surface area contributed by atoms with E-state index >= 15 is 0 Å². The number of rotatable bonds is 6. The Morgan fingerprint density at radius 2 is 0.839 bits per heavy atom. The third kappa shape index (κ3) is 5.04. The van der Waals surface area contributed by atoms with Gasteiger partial charge >= 0.3 is 0 Å². The molecule has 10 aromatic rings. The van der Waals surface area contributed by atoms with Gasteiger partial charge < -0.3 is 4.42 Å². The van der Waals surface area contributed by atoms with Crippen LogP contribution in [0.25, 0.3) is 78.4 Å². The second-order valence-corrected chi connectivity index (χ2v) is 14.4. The van der Waals surface area contributed by atoms with Crippen LogP contribution in [0.3, 0.4) is 0 Å². The van der Waals surface area contributed by atoms with Gasteiger partial charge in [0.05, 0.1) is 5.41 Å². The quantitative estimate of drug-likeness (QED) is 0.172. The number of furan rings is 1. The van der Waals surface area contributed by atoms with E-state index < -0.39 is 5.41 Å². The van der Waals surface area contributed by atoms with Crippen LogP contribution in [0.1, 0.15) is 22.3 Å². The van der Waals surface area contributed by atoms with Crippen molar-refractivity contribution in [1.82, 2.24) is 15.0 Å². The van der Waals surface area contributed by atoms with Crippen LogP contribution in [0.15, 0.2) is 205 Å². The first-order valence-electron chi connectivity index (χ1n) is 18.9. The zero-order valence-corrected chi connectivity index (χ0v) is 30.3. The fourth-order valence-corrected chi connectivity index (χ4v) is 8.67. The minimum absolute atomic E-state index is 0.567. The van der Waals surface area contributed by atoms with Gasteiger partial charge in [0.1, 0.15) is 11.2 Å². The van der Waals surface area contributed by atoms with E-state index in [1.807, 2.05) is 72.8 Å². The number of hydrogen-bond donors (Lipinski definition) is 0. The van der Waals surface area contributed by atoms with Crippen molar-refractivity contribution in [2.45, 2.75) is 5.41 Å². The summed E-state index contributed by atoms with van der Waals surface area (Å²) < 4.78 is 6.73. The fourth-order valence-electron chi connectivity index (χ4n) is 8.67. The highest BCUT2D eigenvalue weighted by atomic mass is 16.3. The molecular formula is C52H33N3O. The molecule has 262 valence electrons. The molecule has 4 heteroatoms. The highest BCUT2D eigenvalue weighted by molar-refractivity contribution is 6.06. The number of nitrogens with zero attached hydrogens (tertiary/aromatic N) is 3. The van der Waals surface area contributed by atoms with Gasteiger partial charge in [-0.25, -0.2) is 15.0 Å². The smallest absolute Gasteiger partial charge is 0.164 e. The lowest BCUT2D eigenvalue weighted by Crippen LogP contribution is -2.28. The summed E-state index contributed by atoms with van der Waals surface area (Å²) in [5, 5.41) is 2.05. The van der Waals surface area contributed by atoms with Crippen molar-refractivity contribution >= 4 is 21.9 Å². The van der Waals surface area contributed by atoms with Crippen molar-refractivity contribution in [3.8, 4) is 56.4 Å². The van der Waals surface area contributed by atoms with E-state index in [4.69, 9.17) is 19.4 Å². The first-order chi connectivity index (χ1) is 27.7. The molecule has 2 aromatic heterocycles. The van der Waals surface area contributed by atoms with Crippen LogP contribution in [0.5, 0.6) is 0 Å². The van der Waals surface area contributed by atoms with Gasteiger partial charge in [-0.3, -0.25) is 0 Å². The molecule has 0 N–H and O–H groups in total. The van der Waals surface area contributed by atoms with Gasteiger partial charge in [0.25, 0.3) is 0 Å². The van der Waals surface area contributed by atoms with Crippen molar-refractivity contribution in [2.24, 2.45) is 0 Å². The van der Waals surface area contributed by atoms with Crippen molar-refractivity contribution in [2.75, 3.05) is 0 Å². The Hall–Kier alpha value is -7.43. The number of hydrogen-bond acceptors (Lipinski definition) is 4. The summed E-state index contributed by atoms with van der Waals surface area (Å²) in [6.45, 7) is 0. The molecule has 0 radical (unpaired) electrons. The summed E-state index contributed by atoms with van der Waals surface area (Å²) in [7, 11) is 0. The molecule has 0 saturated carbocycles. The SMILES string of the molecule is c1ccc(-c2cccc(C3(c4ccc5c(c4)oc4ccc(-c6nc(-c7ccccc7)nc(-c7ccccc7)n6)cc45)c4ccccc4-c4ccccc43)c2)cc1. The van der Waals surface area contributed by atoms with Gasteiger partial charge in [0, 0.05) is 27.5 Å². The van der Waals surface area contributed by atoms with E-state index in [-0.39, 0.29) is 0 Å². The third-order valence-electron chi connectivity index (χ3n) is 11.2. The van der Waals surface area contributed by atoms with Crippen LogP contribution in [0.2, 0.25) is 0 Å². The van der Waals surface area contributed by atoms with Gasteiger partial charge in [0.15, 0.2) is 17.5 Å². The second-order valence-electron chi connectivity index (χ2n) is 14.4. The molecule has 1 aliphatic carbocycles. The third-order valence-corrected chi connectivity index (χ3v) is 11.2. The molecule has 56 heavy (non-hydrogen) atoms. The zero-order valence-electron chi connectivity index (χ0n) is 30.3. The van der Waals surface area contributed by atoms with Crippen LogP contribution in [0.4, 0.5) is 0 Å². The van der Waals surface area contributed by atoms with Crippen LogP contribution in [0, 0.1) is 0 Å². The zero-order chi connectivity index (χ0) is 37.1. The second kappa shape index (κ2) is 12.9. The van der Waals surface area contributed by atoms with Gasteiger partial charge in [-0.1, -0.05) is 170 Å². The number of benzene rings is 8. The Kier molecular flexibility index (Phi) is 7.36. The molecule has 0 amide bonds. The minimum atomic E-state index is -0.567. The van der Waals surface area contributed by atoms with Crippen LogP contribution < -0.4 is 0 Å². The van der Waals surface area contributed by atoms with E-state index in [0.29, 0.717) is 17.5 Å². The highest BCUT2D eigenvalue weighted by Crippen LogP contribution is 2.56. The van der Waals surface area contributed by atoms with E-state index in [1.165, 1.54) is 38.9 Å². The molecule has 0 unspecified atom stereocenters. The van der Waals surface area contributed by atoms with E-state index in [2.05, 4.69) is 127 Å². The summed E-state index contributed by atoms with van der Waals surface area (Å²) in [5.41, 5.74) is 13.6. The number of aromatic nitrogens is 3. The maximum atomic E-state index is 6.73. The highest BCUT2D eigenvalue weighted by Gasteiger charge is 2.46. The molecule has 0 spiro atoms. The lowest BCUT2D eigenvalue weighted by Gasteiger charge is -2.34. The number of fused-ring (bicyclic) bond motifs is 6. The fraction of sp³-hybridized carbons (Fsp3) is 0.0192. The molecule has 0 fully saturated rings. The van der Waals surface area contributed by atoms with Gasteiger partial charge in [-0.05, 0) is 74.8 Å². The van der Waals surface area contributed by atoms with E-state index in [9.17, 15) is 0 Å². The molecule has 0 atom stereocenters.